The Morgan fingerprint density at radius 2 is 1.06 bits per heavy atom. The number of hydrogen-bond acceptors (Lipinski definition) is 2. The molecule has 0 N–H and O–H groups in total. The van der Waals surface area contributed by atoms with Gasteiger partial charge < -0.3 is 4.42 Å². The van der Waals surface area contributed by atoms with Crippen LogP contribution in [0.25, 0.3) is 75.8 Å². The lowest BCUT2D eigenvalue weighted by Crippen LogP contribution is -1.91. The minimum absolute atomic E-state index is 0.931. The van der Waals surface area contributed by atoms with Crippen molar-refractivity contribution in [3.63, 3.8) is 0 Å². The van der Waals surface area contributed by atoms with Crippen molar-refractivity contribution in [2.75, 3.05) is 0 Å². The van der Waals surface area contributed by atoms with Gasteiger partial charge in [-0.25, -0.2) is 0 Å². The molecule has 0 saturated carbocycles. The van der Waals surface area contributed by atoms with Crippen molar-refractivity contribution in [2.45, 2.75) is 0 Å². The lowest BCUT2D eigenvalue weighted by molar-refractivity contribution is 0.669. The Morgan fingerprint density at radius 3 is 1.75 bits per heavy atom. The molecule has 0 radical (unpaired) electrons. The largest absolute Gasteiger partial charge is 0.456 e. The first-order valence-corrected chi connectivity index (χ1v) is 13.1. The Morgan fingerprint density at radius 1 is 0.472 bits per heavy atom. The van der Waals surface area contributed by atoms with Gasteiger partial charge in [-0.15, -0.1) is 11.3 Å². The Hall–Kier alpha value is -4.40. The molecule has 0 unspecified atom stereocenters. The fourth-order valence-electron chi connectivity index (χ4n) is 5.87. The zero-order valence-corrected chi connectivity index (χ0v) is 20.2. The van der Waals surface area contributed by atoms with Crippen molar-refractivity contribution < 1.29 is 4.42 Å². The van der Waals surface area contributed by atoms with Crippen LogP contribution in [0, 0.1) is 0 Å². The van der Waals surface area contributed by atoms with Crippen LogP contribution in [0.5, 0.6) is 0 Å². The van der Waals surface area contributed by atoms with Gasteiger partial charge in [0.2, 0.25) is 0 Å². The summed E-state index contributed by atoms with van der Waals surface area (Å²) in [6, 6.07) is 41.3. The van der Waals surface area contributed by atoms with Gasteiger partial charge in [0.15, 0.2) is 0 Å². The molecule has 2 heteroatoms. The molecule has 0 aliphatic rings. The third-order valence-electron chi connectivity index (χ3n) is 7.33. The van der Waals surface area contributed by atoms with E-state index in [9.17, 15) is 0 Å². The van der Waals surface area contributed by atoms with E-state index in [1.54, 1.807) is 0 Å². The van der Waals surface area contributed by atoms with Crippen molar-refractivity contribution in [1.29, 1.82) is 0 Å². The second-order valence-electron chi connectivity index (χ2n) is 9.27. The fraction of sp³-hybridized carbons (Fsp3) is 0. The van der Waals surface area contributed by atoms with Crippen LogP contribution in [0.15, 0.2) is 125 Å². The third kappa shape index (κ3) is 2.71. The van der Waals surface area contributed by atoms with Crippen LogP contribution in [0.1, 0.15) is 0 Å². The molecule has 2 aromatic heterocycles. The average molecular weight is 477 g/mol. The molecule has 168 valence electrons. The summed E-state index contributed by atoms with van der Waals surface area (Å²) in [4.78, 5) is 0. The van der Waals surface area contributed by atoms with Gasteiger partial charge >= 0.3 is 0 Å². The summed E-state index contributed by atoms with van der Waals surface area (Å²) in [5, 5.41) is 10.9. The van der Waals surface area contributed by atoms with Crippen LogP contribution in [0.4, 0.5) is 0 Å². The van der Waals surface area contributed by atoms with E-state index in [0.29, 0.717) is 0 Å². The van der Waals surface area contributed by atoms with Crippen LogP contribution >= 0.6 is 11.3 Å². The number of thiophene rings is 1. The topological polar surface area (TPSA) is 13.1 Å². The molecule has 0 saturated heterocycles. The van der Waals surface area contributed by atoms with Gasteiger partial charge in [0.1, 0.15) is 11.2 Å². The quantitative estimate of drug-likeness (QED) is 0.226. The van der Waals surface area contributed by atoms with Crippen LogP contribution in [-0.2, 0) is 0 Å². The molecule has 8 aromatic rings. The van der Waals surface area contributed by atoms with Gasteiger partial charge in [-0.1, -0.05) is 97.1 Å². The normalized spacial score (nSPS) is 11.9. The molecule has 0 aliphatic carbocycles. The summed E-state index contributed by atoms with van der Waals surface area (Å²) in [6.45, 7) is 0. The van der Waals surface area contributed by atoms with E-state index in [1.807, 2.05) is 17.4 Å². The minimum Gasteiger partial charge on any atom is -0.456 e. The van der Waals surface area contributed by atoms with Gasteiger partial charge in [-0.2, -0.15) is 0 Å². The molecule has 36 heavy (non-hydrogen) atoms. The number of fused-ring (bicyclic) bond motifs is 6. The number of hydrogen-bond donors (Lipinski definition) is 0. The molecule has 0 bridgehead atoms. The van der Waals surface area contributed by atoms with Gasteiger partial charge in [-0.3, -0.25) is 0 Å². The lowest BCUT2D eigenvalue weighted by Gasteiger charge is -2.18. The molecule has 0 fully saturated rings. The predicted octanol–water partition coefficient (Wildman–Crippen LogP) is 10.4. The Bertz CT molecular complexity index is 2040. The first-order chi connectivity index (χ1) is 17.9. The molecule has 0 aliphatic heterocycles. The molecule has 8 rings (SSSR count). The average Bonchev–Trinajstić information content (AvgIpc) is 3.55. The molecule has 0 atom stereocenters. The summed E-state index contributed by atoms with van der Waals surface area (Å²) in [6.07, 6.45) is 0. The maximum Gasteiger partial charge on any atom is 0.136 e. The zero-order valence-electron chi connectivity index (χ0n) is 19.4. The van der Waals surface area contributed by atoms with Crippen LogP contribution in [0.2, 0.25) is 0 Å². The molecular weight excluding hydrogens is 456 g/mol. The third-order valence-corrected chi connectivity index (χ3v) is 8.27. The molecular formula is C34H20OS. The maximum atomic E-state index is 6.41. The SMILES string of the molecule is c1ccc(-c2c3ccccc3c(-c3c4sccc4cc4oc5ccccc5c34)c3ccccc23)cc1. The number of para-hydroxylation sites is 1. The smallest absolute Gasteiger partial charge is 0.136 e. The first-order valence-electron chi connectivity index (χ1n) is 12.2. The van der Waals surface area contributed by atoms with Gasteiger partial charge in [-0.05, 0) is 67.2 Å². The Kier molecular flexibility index (Phi) is 4.16. The van der Waals surface area contributed by atoms with Gasteiger partial charge in [0, 0.05) is 21.0 Å². The Balaban J connectivity index is 1.66. The van der Waals surface area contributed by atoms with Crippen molar-refractivity contribution in [1.82, 2.24) is 0 Å². The molecule has 0 amide bonds. The van der Waals surface area contributed by atoms with Crippen molar-refractivity contribution in [3.8, 4) is 22.3 Å². The fourth-order valence-corrected chi connectivity index (χ4v) is 6.80. The van der Waals surface area contributed by atoms with Crippen molar-refractivity contribution in [3.05, 3.63) is 121 Å². The molecule has 2 heterocycles. The van der Waals surface area contributed by atoms with E-state index in [4.69, 9.17) is 4.42 Å². The predicted molar refractivity (Wildman–Crippen MR) is 155 cm³/mol. The standard InChI is InChI=1S/C34H20OS/c1-2-10-21(11-3-1)30-23-12-4-6-14-25(23)31(26-15-7-5-13-24(26)30)33-32-27-16-8-9-17-28(27)35-29(32)20-22-18-19-36-34(22)33/h1-20H. The Labute approximate surface area is 211 Å². The highest BCUT2D eigenvalue weighted by atomic mass is 32.1. The molecule has 1 nitrogen and oxygen atoms in total. The van der Waals surface area contributed by atoms with E-state index >= 15 is 0 Å². The lowest BCUT2D eigenvalue weighted by atomic mass is 9.84. The van der Waals surface area contributed by atoms with Crippen LogP contribution in [-0.4, -0.2) is 0 Å². The molecule has 6 aromatic carbocycles. The second kappa shape index (κ2) is 7.55. The van der Waals surface area contributed by atoms with E-state index in [-0.39, 0.29) is 0 Å². The number of furan rings is 1. The minimum atomic E-state index is 0.931. The summed E-state index contributed by atoms with van der Waals surface area (Å²) in [5.74, 6) is 0. The highest BCUT2D eigenvalue weighted by molar-refractivity contribution is 7.18. The van der Waals surface area contributed by atoms with Gasteiger partial charge in [0.05, 0.1) is 0 Å². The number of rotatable bonds is 2. The van der Waals surface area contributed by atoms with E-state index in [2.05, 4.69) is 115 Å². The summed E-state index contributed by atoms with van der Waals surface area (Å²) < 4.78 is 7.72. The summed E-state index contributed by atoms with van der Waals surface area (Å²) >= 11 is 1.81. The first kappa shape index (κ1) is 19.9. The van der Waals surface area contributed by atoms with E-state index < -0.39 is 0 Å². The van der Waals surface area contributed by atoms with Crippen LogP contribution in [0.3, 0.4) is 0 Å². The van der Waals surface area contributed by atoms with Gasteiger partial charge in [0.25, 0.3) is 0 Å². The van der Waals surface area contributed by atoms with Crippen molar-refractivity contribution >= 4 is 64.9 Å². The summed E-state index contributed by atoms with van der Waals surface area (Å²) in [7, 11) is 0. The van der Waals surface area contributed by atoms with Crippen molar-refractivity contribution in [2.24, 2.45) is 0 Å². The molecule has 0 spiro atoms. The van der Waals surface area contributed by atoms with E-state index in [0.717, 1.165) is 16.6 Å². The monoisotopic (exact) mass is 476 g/mol. The highest BCUT2D eigenvalue weighted by Crippen LogP contribution is 2.50. The second-order valence-corrected chi connectivity index (χ2v) is 10.2. The van der Waals surface area contributed by atoms with E-state index in [1.165, 1.54) is 59.3 Å². The highest BCUT2D eigenvalue weighted by Gasteiger charge is 2.22. The summed E-state index contributed by atoms with van der Waals surface area (Å²) in [5.41, 5.74) is 6.96. The van der Waals surface area contributed by atoms with Crippen LogP contribution < -0.4 is 0 Å². The zero-order chi connectivity index (χ0) is 23.6. The maximum absolute atomic E-state index is 6.41. The number of benzene rings is 6.